The van der Waals surface area contributed by atoms with E-state index in [1.54, 1.807) is 0 Å². The summed E-state index contributed by atoms with van der Waals surface area (Å²) in [5.74, 6) is 2.19. The highest BCUT2D eigenvalue weighted by Gasteiger charge is 2.24. The third-order valence-electron chi connectivity index (χ3n) is 4.07. The maximum atomic E-state index is 12.8. The minimum Gasteiger partial charge on any atom is -0.337 e. The number of amides is 1. The van der Waals surface area contributed by atoms with E-state index < -0.39 is 0 Å². The maximum absolute atomic E-state index is 12.8. The highest BCUT2D eigenvalue weighted by Crippen LogP contribution is 2.19. The van der Waals surface area contributed by atoms with Crippen LogP contribution >= 0.6 is 11.8 Å². The molecule has 5 heteroatoms. The van der Waals surface area contributed by atoms with Gasteiger partial charge >= 0.3 is 0 Å². The lowest BCUT2D eigenvalue weighted by atomic mass is 10.1. The number of thioether (sulfide) groups is 1. The first-order chi connectivity index (χ1) is 10.7. The van der Waals surface area contributed by atoms with E-state index in [1.165, 1.54) is 5.56 Å². The van der Waals surface area contributed by atoms with Crippen molar-refractivity contribution in [3.05, 3.63) is 52.8 Å². The second-order valence-corrected chi connectivity index (χ2v) is 6.82. The van der Waals surface area contributed by atoms with Crippen LogP contribution in [0.3, 0.4) is 0 Å². The van der Waals surface area contributed by atoms with Crippen LogP contribution in [0.5, 0.6) is 0 Å². The number of aryl methyl sites for hydroxylation is 1. The average Bonchev–Trinajstić information content (AvgIpc) is 2.82. The number of hydrogen-bond acceptors (Lipinski definition) is 3. The van der Waals surface area contributed by atoms with E-state index in [9.17, 15) is 4.79 Å². The van der Waals surface area contributed by atoms with Gasteiger partial charge in [-0.25, -0.2) is 0 Å². The zero-order chi connectivity index (χ0) is 15.5. The van der Waals surface area contributed by atoms with Gasteiger partial charge in [0.05, 0.1) is 17.8 Å². The van der Waals surface area contributed by atoms with Crippen LogP contribution in [0, 0.1) is 13.8 Å². The molecule has 2 aromatic rings. The monoisotopic (exact) mass is 315 g/mol. The summed E-state index contributed by atoms with van der Waals surface area (Å²) in [5.41, 5.74) is 3.77. The first-order valence-corrected chi connectivity index (χ1v) is 8.77. The lowest BCUT2D eigenvalue weighted by Crippen LogP contribution is -2.38. The lowest BCUT2D eigenvalue weighted by molar-refractivity contribution is 0.0770. The van der Waals surface area contributed by atoms with Crippen LogP contribution in [0.25, 0.3) is 0 Å². The van der Waals surface area contributed by atoms with E-state index in [2.05, 4.69) is 17.2 Å². The molecule has 0 aliphatic carbocycles. The fourth-order valence-electron chi connectivity index (χ4n) is 2.84. The van der Waals surface area contributed by atoms with E-state index in [0.29, 0.717) is 6.54 Å². The number of carbonyl (C=O) groups excluding carboxylic acids is 1. The summed E-state index contributed by atoms with van der Waals surface area (Å²) in [6.45, 7) is 6.31. The van der Waals surface area contributed by atoms with Crippen molar-refractivity contribution in [3.8, 4) is 0 Å². The van der Waals surface area contributed by atoms with Gasteiger partial charge in [-0.15, -0.1) is 0 Å². The van der Waals surface area contributed by atoms with E-state index in [-0.39, 0.29) is 5.91 Å². The second-order valence-electron chi connectivity index (χ2n) is 5.59. The van der Waals surface area contributed by atoms with Crippen LogP contribution in [0.15, 0.2) is 30.3 Å². The van der Waals surface area contributed by atoms with Crippen molar-refractivity contribution in [1.82, 2.24) is 14.7 Å². The van der Waals surface area contributed by atoms with Crippen LogP contribution < -0.4 is 0 Å². The Hall–Kier alpha value is -1.75. The SMILES string of the molecule is Cc1nn(Cc2ccccc2)c(C)c1C(=O)N1CCSCC1. The zero-order valence-corrected chi connectivity index (χ0v) is 13.9. The van der Waals surface area contributed by atoms with Crippen LogP contribution in [-0.4, -0.2) is 45.2 Å². The fraction of sp³-hybridized carbons (Fsp3) is 0.412. The molecule has 0 saturated carbocycles. The van der Waals surface area contributed by atoms with Gasteiger partial charge in [0, 0.05) is 30.3 Å². The summed E-state index contributed by atoms with van der Waals surface area (Å²) in [5, 5.41) is 4.59. The van der Waals surface area contributed by atoms with E-state index >= 15 is 0 Å². The van der Waals surface area contributed by atoms with Gasteiger partial charge in [0.25, 0.3) is 5.91 Å². The molecule has 0 N–H and O–H groups in total. The van der Waals surface area contributed by atoms with Gasteiger partial charge in [-0.1, -0.05) is 30.3 Å². The van der Waals surface area contributed by atoms with Gasteiger partial charge in [0.1, 0.15) is 0 Å². The van der Waals surface area contributed by atoms with Gasteiger partial charge in [0.2, 0.25) is 0 Å². The van der Waals surface area contributed by atoms with Crippen LogP contribution in [-0.2, 0) is 6.54 Å². The summed E-state index contributed by atoms with van der Waals surface area (Å²) >= 11 is 1.91. The molecule has 0 spiro atoms. The molecule has 1 aromatic heterocycles. The van der Waals surface area contributed by atoms with Crippen LogP contribution in [0.4, 0.5) is 0 Å². The van der Waals surface area contributed by atoms with Crippen molar-refractivity contribution in [2.24, 2.45) is 0 Å². The smallest absolute Gasteiger partial charge is 0.257 e. The highest BCUT2D eigenvalue weighted by atomic mass is 32.2. The van der Waals surface area contributed by atoms with Gasteiger partial charge in [-0.05, 0) is 19.4 Å². The predicted octanol–water partition coefficient (Wildman–Crippen LogP) is 2.74. The summed E-state index contributed by atoms with van der Waals surface area (Å²) in [7, 11) is 0. The molecule has 0 unspecified atom stereocenters. The predicted molar refractivity (Wildman–Crippen MR) is 90.5 cm³/mol. The highest BCUT2D eigenvalue weighted by molar-refractivity contribution is 7.99. The molecule has 1 saturated heterocycles. The molecule has 1 aliphatic rings. The minimum absolute atomic E-state index is 0.134. The lowest BCUT2D eigenvalue weighted by Gasteiger charge is -2.26. The van der Waals surface area contributed by atoms with Crippen LogP contribution in [0.2, 0.25) is 0 Å². The maximum Gasteiger partial charge on any atom is 0.257 e. The number of hydrogen-bond donors (Lipinski definition) is 0. The normalized spacial score (nSPS) is 15.1. The molecule has 116 valence electrons. The second kappa shape index (κ2) is 6.57. The Bertz CT molecular complexity index is 660. The van der Waals surface area contributed by atoms with Crippen molar-refractivity contribution < 1.29 is 4.79 Å². The summed E-state index contributed by atoms with van der Waals surface area (Å²) in [6, 6.07) is 10.2. The summed E-state index contributed by atoms with van der Waals surface area (Å²) in [4.78, 5) is 14.7. The van der Waals surface area contributed by atoms with Crippen molar-refractivity contribution in [2.45, 2.75) is 20.4 Å². The molecule has 1 amide bonds. The average molecular weight is 315 g/mol. The van der Waals surface area contributed by atoms with Crippen LogP contribution in [0.1, 0.15) is 27.3 Å². The third-order valence-corrected chi connectivity index (χ3v) is 5.01. The standard InChI is InChI=1S/C17H21N3OS/c1-13-16(17(21)19-8-10-22-11-9-19)14(2)20(18-13)12-15-6-4-3-5-7-15/h3-7H,8-12H2,1-2H3. The largest absolute Gasteiger partial charge is 0.337 e. The number of rotatable bonds is 3. The zero-order valence-electron chi connectivity index (χ0n) is 13.1. The first-order valence-electron chi connectivity index (χ1n) is 7.62. The van der Waals surface area contributed by atoms with Crippen molar-refractivity contribution >= 4 is 17.7 Å². The molecular formula is C17H21N3OS. The van der Waals surface area contributed by atoms with Crippen molar-refractivity contribution in [3.63, 3.8) is 0 Å². The summed E-state index contributed by atoms with van der Waals surface area (Å²) < 4.78 is 1.94. The Morgan fingerprint density at radius 2 is 1.86 bits per heavy atom. The molecule has 4 nitrogen and oxygen atoms in total. The Morgan fingerprint density at radius 3 is 2.55 bits per heavy atom. The van der Waals surface area contributed by atoms with Gasteiger partial charge in [-0.3, -0.25) is 9.48 Å². The van der Waals surface area contributed by atoms with Gasteiger partial charge < -0.3 is 4.90 Å². The van der Waals surface area contributed by atoms with Gasteiger partial charge in [0.15, 0.2) is 0 Å². The Balaban J connectivity index is 1.85. The minimum atomic E-state index is 0.134. The van der Waals surface area contributed by atoms with E-state index in [4.69, 9.17) is 0 Å². The molecule has 1 fully saturated rings. The van der Waals surface area contributed by atoms with Crippen molar-refractivity contribution in [2.75, 3.05) is 24.6 Å². The number of aromatic nitrogens is 2. The Labute approximate surface area is 135 Å². The number of carbonyl (C=O) groups is 1. The van der Waals surface area contributed by atoms with Gasteiger partial charge in [-0.2, -0.15) is 16.9 Å². The quantitative estimate of drug-likeness (QED) is 0.874. The number of benzene rings is 1. The van der Waals surface area contributed by atoms with Crippen molar-refractivity contribution in [1.29, 1.82) is 0 Å². The third kappa shape index (κ3) is 3.04. The molecule has 1 aliphatic heterocycles. The molecule has 1 aromatic carbocycles. The number of nitrogens with zero attached hydrogens (tertiary/aromatic N) is 3. The molecule has 0 bridgehead atoms. The molecule has 0 radical (unpaired) electrons. The van der Waals surface area contributed by atoms with E-state index in [1.807, 2.05) is 53.4 Å². The molecule has 22 heavy (non-hydrogen) atoms. The first kappa shape index (κ1) is 15.2. The molecule has 2 heterocycles. The molecule has 0 atom stereocenters. The molecular weight excluding hydrogens is 294 g/mol. The fourth-order valence-corrected chi connectivity index (χ4v) is 3.74. The topological polar surface area (TPSA) is 38.1 Å². The Morgan fingerprint density at radius 1 is 1.18 bits per heavy atom. The van der Waals surface area contributed by atoms with E-state index in [0.717, 1.165) is 41.5 Å². The summed E-state index contributed by atoms with van der Waals surface area (Å²) in [6.07, 6.45) is 0. The molecule has 3 rings (SSSR count). The Kier molecular flexibility index (Phi) is 4.52.